The van der Waals surface area contributed by atoms with Gasteiger partial charge < -0.3 is 0 Å². The highest BCUT2D eigenvalue weighted by Gasteiger charge is 2.03. The molecule has 0 aliphatic carbocycles. The molecular formula is C12H15NO2. The van der Waals surface area contributed by atoms with Gasteiger partial charge >= 0.3 is 0 Å². The van der Waals surface area contributed by atoms with Gasteiger partial charge in [0.05, 0.1) is 7.11 Å². The minimum Gasteiger partial charge on any atom is -0.275 e. The monoisotopic (exact) mass is 205 g/mol. The van der Waals surface area contributed by atoms with Crippen molar-refractivity contribution in [2.75, 3.05) is 14.2 Å². The van der Waals surface area contributed by atoms with Gasteiger partial charge in [0.1, 0.15) is 0 Å². The number of rotatable bonds is 4. The molecule has 0 fully saturated rings. The lowest BCUT2D eigenvalue weighted by molar-refractivity contribution is -0.167. The van der Waals surface area contributed by atoms with Crippen LogP contribution in [0.5, 0.6) is 0 Å². The number of carbonyl (C=O) groups excluding carboxylic acids is 1. The number of hydroxylamine groups is 2. The van der Waals surface area contributed by atoms with Crippen LogP contribution < -0.4 is 0 Å². The fraction of sp³-hybridized carbons (Fsp3) is 0.250. The Balaban J connectivity index is 2.44. The summed E-state index contributed by atoms with van der Waals surface area (Å²) in [6.07, 6.45) is 4.09. The zero-order valence-electron chi connectivity index (χ0n) is 9.01. The second-order valence-electron chi connectivity index (χ2n) is 3.09. The van der Waals surface area contributed by atoms with E-state index in [2.05, 4.69) is 0 Å². The molecule has 1 aromatic rings. The molecule has 0 saturated heterocycles. The van der Waals surface area contributed by atoms with Gasteiger partial charge in [-0.25, -0.2) is 5.06 Å². The Kier molecular flexibility index (Phi) is 4.57. The molecule has 15 heavy (non-hydrogen) atoms. The number of hydrogen-bond donors (Lipinski definition) is 0. The van der Waals surface area contributed by atoms with Crippen LogP contribution in [0.1, 0.15) is 12.0 Å². The molecule has 80 valence electrons. The van der Waals surface area contributed by atoms with Crippen molar-refractivity contribution in [2.45, 2.75) is 6.42 Å². The largest absolute Gasteiger partial charge is 0.275 e. The van der Waals surface area contributed by atoms with E-state index in [1.165, 1.54) is 12.2 Å². The average Bonchev–Trinajstić information content (AvgIpc) is 2.29. The van der Waals surface area contributed by atoms with Gasteiger partial charge in [-0.2, -0.15) is 0 Å². The lowest BCUT2D eigenvalue weighted by Gasteiger charge is -2.11. The number of nitrogens with zero attached hydrogens (tertiary/aromatic N) is 1. The van der Waals surface area contributed by atoms with Gasteiger partial charge in [-0.05, 0) is 5.56 Å². The zero-order valence-corrected chi connectivity index (χ0v) is 9.01. The van der Waals surface area contributed by atoms with E-state index in [1.807, 2.05) is 42.5 Å². The predicted octanol–water partition coefficient (Wildman–Crippen LogP) is 2.11. The van der Waals surface area contributed by atoms with Crippen molar-refractivity contribution >= 4 is 12.0 Å². The Morgan fingerprint density at radius 2 is 2.07 bits per heavy atom. The van der Waals surface area contributed by atoms with Gasteiger partial charge in [0.2, 0.25) is 5.91 Å². The third-order valence-electron chi connectivity index (χ3n) is 2.03. The van der Waals surface area contributed by atoms with E-state index in [-0.39, 0.29) is 5.91 Å². The van der Waals surface area contributed by atoms with Gasteiger partial charge in [0.15, 0.2) is 0 Å². The van der Waals surface area contributed by atoms with Crippen LogP contribution >= 0.6 is 0 Å². The molecule has 0 unspecified atom stereocenters. The van der Waals surface area contributed by atoms with E-state index in [9.17, 15) is 4.79 Å². The van der Waals surface area contributed by atoms with Crippen molar-refractivity contribution in [1.82, 2.24) is 5.06 Å². The van der Waals surface area contributed by atoms with Crippen molar-refractivity contribution in [1.29, 1.82) is 0 Å². The van der Waals surface area contributed by atoms with E-state index < -0.39 is 0 Å². The first-order valence-electron chi connectivity index (χ1n) is 4.76. The van der Waals surface area contributed by atoms with E-state index in [1.54, 1.807) is 7.05 Å². The molecule has 1 aromatic carbocycles. The summed E-state index contributed by atoms with van der Waals surface area (Å²) in [5.41, 5.74) is 1.09. The SMILES string of the molecule is CON(C)C(=O)C/C=C/c1ccccc1. The molecule has 0 saturated carbocycles. The molecule has 0 heterocycles. The summed E-state index contributed by atoms with van der Waals surface area (Å²) in [4.78, 5) is 16.1. The molecule has 0 aliphatic heterocycles. The minimum atomic E-state index is -0.0651. The Morgan fingerprint density at radius 1 is 1.40 bits per heavy atom. The fourth-order valence-electron chi connectivity index (χ4n) is 1.09. The molecule has 0 N–H and O–H groups in total. The summed E-state index contributed by atoms with van der Waals surface area (Å²) in [6.45, 7) is 0. The van der Waals surface area contributed by atoms with E-state index >= 15 is 0 Å². The highest BCUT2D eigenvalue weighted by molar-refractivity contribution is 5.77. The van der Waals surface area contributed by atoms with Gasteiger partial charge in [-0.1, -0.05) is 42.5 Å². The Hall–Kier alpha value is -1.61. The molecule has 0 spiro atoms. The second-order valence-corrected chi connectivity index (χ2v) is 3.09. The third-order valence-corrected chi connectivity index (χ3v) is 2.03. The predicted molar refractivity (Wildman–Crippen MR) is 59.9 cm³/mol. The van der Waals surface area contributed by atoms with Crippen molar-refractivity contribution < 1.29 is 9.63 Å². The number of carbonyl (C=O) groups is 1. The van der Waals surface area contributed by atoms with Crippen LogP contribution in [0.2, 0.25) is 0 Å². The summed E-state index contributed by atoms with van der Waals surface area (Å²) in [5.74, 6) is -0.0651. The maximum Gasteiger partial charge on any atom is 0.249 e. The topological polar surface area (TPSA) is 29.5 Å². The first-order valence-corrected chi connectivity index (χ1v) is 4.76. The van der Waals surface area contributed by atoms with Crippen LogP contribution in [-0.2, 0) is 9.63 Å². The zero-order chi connectivity index (χ0) is 11.1. The minimum absolute atomic E-state index is 0.0651. The number of amides is 1. The fourth-order valence-corrected chi connectivity index (χ4v) is 1.09. The molecule has 0 aromatic heterocycles. The second kappa shape index (κ2) is 5.98. The summed E-state index contributed by atoms with van der Waals surface area (Å²) in [7, 11) is 3.07. The summed E-state index contributed by atoms with van der Waals surface area (Å²) in [5, 5.41) is 1.22. The first kappa shape index (κ1) is 11.5. The number of benzene rings is 1. The number of hydrogen-bond acceptors (Lipinski definition) is 2. The maximum atomic E-state index is 11.3. The highest BCUT2D eigenvalue weighted by atomic mass is 16.7. The third kappa shape index (κ3) is 3.95. The normalized spacial score (nSPS) is 10.5. The quantitative estimate of drug-likeness (QED) is 0.704. The van der Waals surface area contributed by atoms with Crippen LogP contribution in [-0.4, -0.2) is 25.1 Å². The average molecular weight is 205 g/mol. The molecule has 3 heteroatoms. The maximum absolute atomic E-state index is 11.3. The summed E-state index contributed by atoms with van der Waals surface area (Å²) < 4.78 is 0. The molecule has 0 atom stereocenters. The van der Waals surface area contributed by atoms with Crippen molar-refractivity contribution in [3.8, 4) is 0 Å². The van der Waals surface area contributed by atoms with Crippen molar-refractivity contribution in [3.63, 3.8) is 0 Å². The van der Waals surface area contributed by atoms with Crippen LogP contribution in [0.15, 0.2) is 36.4 Å². The molecule has 0 bridgehead atoms. The standard InChI is InChI=1S/C12H15NO2/c1-13(15-2)12(14)10-6-9-11-7-4-3-5-8-11/h3-9H,10H2,1-2H3/b9-6+. The van der Waals surface area contributed by atoms with Crippen molar-refractivity contribution in [3.05, 3.63) is 42.0 Å². The Morgan fingerprint density at radius 3 is 2.67 bits per heavy atom. The summed E-state index contributed by atoms with van der Waals surface area (Å²) in [6, 6.07) is 9.86. The lowest BCUT2D eigenvalue weighted by Crippen LogP contribution is -2.24. The van der Waals surface area contributed by atoms with Crippen molar-refractivity contribution in [2.24, 2.45) is 0 Å². The molecular weight excluding hydrogens is 190 g/mol. The van der Waals surface area contributed by atoms with E-state index in [0.717, 1.165) is 5.56 Å². The summed E-state index contributed by atoms with van der Waals surface area (Å²) >= 11 is 0. The highest BCUT2D eigenvalue weighted by Crippen LogP contribution is 2.02. The molecule has 1 amide bonds. The molecule has 0 aliphatic rings. The van der Waals surface area contributed by atoms with Gasteiger partial charge in [0.25, 0.3) is 0 Å². The first-order chi connectivity index (χ1) is 7.24. The lowest BCUT2D eigenvalue weighted by atomic mass is 10.2. The molecule has 3 nitrogen and oxygen atoms in total. The van der Waals surface area contributed by atoms with Crippen LogP contribution in [0.4, 0.5) is 0 Å². The van der Waals surface area contributed by atoms with Gasteiger partial charge in [0, 0.05) is 13.5 Å². The van der Waals surface area contributed by atoms with Crippen LogP contribution in [0.3, 0.4) is 0 Å². The Labute approximate surface area is 89.9 Å². The van der Waals surface area contributed by atoms with E-state index in [0.29, 0.717) is 6.42 Å². The van der Waals surface area contributed by atoms with Crippen LogP contribution in [0, 0.1) is 0 Å². The van der Waals surface area contributed by atoms with Crippen LogP contribution in [0.25, 0.3) is 6.08 Å². The van der Waals surface area contributed by atoms with E-state index in [4.69, 9.17) is 4.84 Å². The van der Waals surface area contributed by atoms with Gasteiger partial charge in [-0.15, -0.1) is 0 Å². The van der Waals surface area contributed by atoms with Gasteiger partial charge in [-0.3, -0.25) is 9.63 Å². The molecule has 1 rings (SSSR count). The Bertz CT molecular complexity index is 333. The molecule has 0 radical (unpaired) electrons. The smallest absolute Gasteiger partial charge is 0.249 e.